The Bertz CT molecular complexity index is 2040. The predicted octanol–water partition coefficient (Wildman–Crippen LogP) is 1.76. The fraction of sp³-hybridized carbons (Fsp3) is 0.561. The molecule has 318 valence electrons. The molecule has 4 aliphatic rings. The molecule has 2 aromatic rings. The summed E-state index contributed by atoms with van der Waals surface area (Å²) >= 11 is 0. The Hall–Kier alpha value is -5.46. The summed E-state index contributed by atoms with van der Waals surface area (Å²) in [5.41, 5.74) is -10.2. The van der Waals surface area contributed by atoms with Gasteiger partial charge in [-0.2, -0.15) is 0 Å². The molecular weight excluding hydrogens is 778 g/mol. The molecule has 2 N–H and O–H groups in total. The fourth-order valence-electron chi connectivity index (χ4n) is 9.54. The number of carbonyl (C=O) groups is 7. The van der Waals surface area contributed by atoms with E-state index in [0.717, 1.165) is 34.6 Å². The molecule has 1 saturated heterocycles. The number of hydrogen-bond donors (Lipinski definition) is 2. The molecule has 59 heavy (non-hydrogen) atoms. The third kappa shape index (κ3) is 6.89. The van der Waals surface area contributed by atoms with Gasteiger partial charge in [0.2, 0.25) is 0 Å². The quantitative estimate of drug-likeness (QED) is 0.298. The van der Waals surface area contributed by atoms with Crippen molar-refractivity contribution in [1.82, 2.24) is 4.98 Å². The van der Waals surface area contributed by atoms with Crippen molar-refractivity contribution < 1.29 is 81.7 Å². The molecule has 0 amide bonds. The van der Waals surface area contributed by atoms with Crippen molar-refractivity contribution in [3.63, 3.8) is 0 Å². The van der Waals surface area contributed by atoms with E-state index in [0.29, 0.717) is 0 Å². The lowest BCUT2D eigenvalue weighted by Gasteiger charge is -2.67. The Balaban J connectivity index is 1.77. The number of nitrogens with zero attached hydrogens (tertiary/aromatic N) is 1. The molecule has 0 radical (unpaired) electrons. The van der Waals surface area contributed by atoms with Gasteiger partial charge in [0.05, 0.1) is 28.7 Å². The molecule has 1 aromatic heterocycles. The number of fused-ring (bicyclic) bond motifs is 5. The van der Waals surface area contributed by atoms with E-state index in [2.05, 4.69) is 4.98 Å². The van der Waals surface area contributed by atoms with Crippen LogP contribution in [-0.2, 0) is 61.9 Å². The second-order valence-electron chi connectivity index (χ2n) is 15.9. The lowest BCUT2D eigenvalue weighted by molar-refractivity contribution is -0.386. The van der Waals surface area contributed by atoms with Crippen LogP contribution in [0.25, 0.3) is 0 Å². The Morgan fingerprint density at radius 1 is 0.814 bits per heavy atom. The van der Waals surface area contributed by atoms with Gasteiger partial charge in [-0.05, 0) is 38.1 Å². The molecule has 18 heteroatoms. The van der Waals surface area contributed by atoms with E-state index < -0.39 is 132 Å². The number of esters is 7. The Kier molecular flexibility index (Phi) is 11.4. The SMILES string of the molecule is CC(=O)OC[C@]12[C@H](OC(C)=O)[C@H](OC(C)=O)[C@@H]3[C@@H](OC(=O)c4ccccc4)[C@@]14O[C@@]3(C)COC(=O)c1cccnc1[C@@H](C)[C@H](C)C(=O)O[C@@H]([C@H](O)[C@@H]2OC(C)=O)[C@]4(C)O. The van der Waals surface area contributed by atoms with Crippen LogP contribution in [0.2, 0.25) is 0 Å². The highest BCUT2D eigenvalue weighted by molar-refractivity contribution is 5.91. The monoisotopic (exact) mass is 825 g/mol. The first-order valence-corrected chi connectivity index (χ1v) is 19.0. The molecule has 2 aliphatic heterocycles. The van der Waals surface area contributed by atoms with Crippen LogP contribution < -0.4 is 0 Å². The van der Waals surface area contributed by atoms with Gasteiger partial charge in [0, 0.05) is 39.8 Å². The van der Waals surface area contributed by atoms with Gasteiger partial charge in [0.25, 0.3) is 0 Å². The minimum absolute atomic E-state index is 0.0130. The third-order valence-electron chi connectivity index (χ3n) is 12.1. The molecule has 1 spiro atoms. The highest BCUT2D eigenvalue weighted by atomic mass is 16.7. The van der Waals surface area contributed by atoms with Crippen molar-refractivity contribution in [2.24, 2.45) is 17.3 Å². The number of benzene rings is 1. The van der Waals surface area contributed by atoms with Crippen LogP contribution in [0.4, 0.5) is 0 Å². The lowest BCUT2D eigenvalue weighted by Crippen LogP contribution is -2.89. The van der Waals surface area contributed by atoms with Crippen LogP contribution in [0.5, 0.6) is 0 Å². The van der Waals surface area contributed by atoms with Gasteiger partial charge < -0.3 is 48.1 Å². The Morgan fingerprint density at radius 3 is 2.05 bits per heavy atom. The maximum absolute atomic E-state index is 14.3. The van der Waals surface area contributed by atoms with Crippen LogP contribution in [0, 0.1) is 17.3 Å². The summed E-state index contributed by atoms with van der Waals surface area (Å²) in [5.74, 6) is -10.6. The van der Waals surface area contributed by atoms with Crippen LogP contribution in [0.1, 0.15) is 87.7 Å². The first-order valence-electron chi connectivity index (χ1n) is 19.0. The van der Waals surface area contributed by atoms with E-state index in [-0.39, 0.29) is 16.8 Å². The van der Waals surface area contributed by atoms with Crippen molar-refractivity contribution in [3.8, 4) is 0 Å². The molecule has 4 bridgehead atoms. The number of rotatable bonds is 7. The van der Waals surface area contributed by atoms with Crippen LogP contribution in [0.3, 0.4) is 0 Å². The van der Waals surface area contributed by atoms with Crippen molar-refractivity contribution >= 4 is 41.8 Å². The number of aliphatic hydroxyl groups excluding tert-OH is 1. The summed E-state index contributed by atoms with van der Waals surface area (Å²) in [6.45, 7) is 7.75. The third-order valence-corrected chi connectivity index (χ3v) is 12.1. The zero-order valence-corrected chi connectivity index (χ0v) is 33.7. The average molecular weight is 826 g/mol. The van der Waals surface area contributed by atoms with E-state index in [1.165, 1.54) is 44.3 Å². The number of pyridine rings is 1. The second kappa shape index (κ2) is 15.6. The summed E-state index contributed by atoms with van der Waals surface area (Å²) in [6.07, 6.45) is -10.9. The smallest absolute Gasteiger partial charge is 0.340 e. The zero-order valence-electron chi connectivity index (χ0n) is 33.7. The maximum Gasteiger partial charge on any atom is 0.340 e. The first-order chi connectivity index (χ1) is 27.6. The molecule has 3 heterocycles. The van der Waals surface area contributed by atoms with Gasteiger partial charge in [-0.3, -0.25) is 29.0 Å². The highest BCUT2D eigenvalue weighted by Crippen LogP contribution is 2.70. The predicted molar refractivity (Wildman–Crippen MR) is 196 cm³/mol. The Morgan fingerprint density at radius 2 is 1.44 bits per heavy atom. The van der Waals surface area contributed by atoms with Gasteiger partial charge >= 0.3 is 41.8 Å². The van der Waals surface area contributed by atoms with Crippen LogP contribution in [0.15, 0.2) is 48.7 Å². The van der Waals surface area contributed by atoms with E-state index >= 15 is 0 Å². The van der Waals surface area contributed by atoms with Crippen molar-refractivity contribution in [2.75, 3.05) is 13.2 Å². The summed E-state index contributed by atoms with van der Waals surface area (Å²) in [6, 6.07) is 10.5. The number of carbonyl (C=O) groups excluding carboxylic acids is 7. The summed E-state index contributed by atoms with van der Waals surface area (Å²) < 4.78 is 48.8. The van der Waals surface area contributed by atoms with Crippen molar-refractivity contribution in [2.45, 2.75) is 115 Å². The first kappa shape index (κ1) is 43.1. The molecule has 0 unspecified atom stereocenters. The number of hydrogen-bond acceptors (Lipinski definition) is 18. The van der Waals surface area contributed by atoms with Crippen LogP contribution >= 0.6 is 0 Å². The molecule has 18 nitrogen and oxygen atoms in total. The van der Waals surface area contributed by atoms with Crippen LogP contribution in [-0.4, -0.2) is 124 Å². The molecule has 13 atom stereocenters. The van der Waals surface area contributed by atoms with E-state index in [1.807, 2.05) is 0 Å². The fourth-order valence-corrected chi connectivity index (χ4v) is 9.54. The Labute approximate surface area is 338 Å². The van der Waals surface area contributed by atoms with Crippen molar-refractivity contribution in [1.29, 1.82) is 0 Å². The molecule has 1 aromatic carbocycles. The van der Waals surface area contributed by atoms with Gasteiger partial charge in [0.1, 0.15) is 54.2 Å². The van der Waals surface area contributed by atoms with E-state index in [4.69, 9.17) is 37.9 Å². The van der Waals surface area contributed by atoms with Gasteiger partial charge in [0.15, 0.2) is 17.8 Å². The minimum Gasteiger partial charge on any atom is -0.465 e. The summed E-state index contributed by atoms with van der Waals surface area (Å²) in [5, 5.41) is 25.9. The topological polar surface area (TPSA) is 247 Å². The number of aliphatic hydroxyl groups is 2. The average Bonchev–Trinajstić information content (AvgIpc) is 3.40. The largest absolute Gasteiger partial charge is 0.465 e. The lowest BCUT2D eigenvalue weighted by atomic mass is 9.45. The van der Waals surface area contributed by atoms with E-state index in [9.17, 15) is 43.8 Å². The maximum atomic E-state index is 14.3. The number of cyclic esters (lactones) is 1. The summed E-state index contributed by atoms with van der Waals surface area (Å²) in [4.78, 5) is 99.4. The normalized spacial score (nSPS) is 37.4. The van der Waals surface area contributed by atoms with Gasteiger partial charge in [-0.1, -0.05) is 32.0 Å². The number of ether oxygens (including phenoxy) is 8. The number of aromatic nitrogens is 1. The van der Waals surface area contributed by atoms with Gasteiger partial charge in [-0.25, -0.2) is 9.59 Å². The second-order valence-corrected chi connectivity index (χ2v) is 15.9. The highest BCUT2D eigenvalue weighted by Gasteiger charge is 2.91. The molecule has 2 saturated carbocycles. The molecule has 6 rings (SSSR count). The molecule has 2 aliphatic carbocycles. The zero-order chi connectivity index (χ0) is 43.4. The molecule has 3 fully saturated rings. The standard InChI is InChI=1S/C41H47NO17/c1-19-20(2)35(48)58-32-29(47)33(55-23(5)45)40(18-52-21(3)43)34(56-24(6)46)30(54-22(4)44)27-31(57-36(49)25-13-10-9-11-14-25)41(40,39(32,8)51)59-38(27,7)17-53-37(50)26-15-12-16-42-28(19)26/h9-16,19-20,27,29-34,47,51H,17-18H2,1-8H3/t19-,20-,27+,29-,30+,31+,32-,33-,34+,38-,39-,40-,41-/m0/s1. The minimum atomic E-state index is -2.83. The van der Waals surface area contributed by atoms with E-state index in [1.54, 1.807) is 25.1 Å². The molecular formula is C41H47NO17. The van der Waals surface area contributed by atoms with Gasteiger partial charge in [-0.15, -0.1) is 0 Å². The summed E-state index contributed by atoms with van der Waals surface area (Å²) in [7, 11) is 0. The van der Waals surface area contributed by atoms with Crippen molar-refractivity contribution in [3.05, 3.63) is 65.5 Å².